The number of hydrogen-bond donors (Lipinski definition) is 2. The molecule has 13 heteroatoms. The molecule has 0 spiro atoms. The second-order valence-electron chi connectivity index (χ2n) is 7.04. The third-order valence-electron chi connectivity index (χ3n) is 4.32. The van der Waals surface area contributed by atoms with E-state index in [1.807, 2.05) is 5.32 Å². The van der Waals surface area contributed by atoms with Crippen molar-refractivity contribution in [2.45, 2.75) is 23.5 Å². The first kappa shape index (κ1) is 23.4. The number of sulfonamides is 1. The van der Waals surface area contributed by atoms with Crippen molar-refractivity contribution in [1.82, 2.24) is 4.72 Å². The fraction of sp³-hybridized carbons (Fsp3) is 0.278. The third-order valence-corrected chi connectivity index (χ3v) is 6.29. The second-order valence-corrected chi connectivity index (χ2v) is 9.10. The lowest BCUT2D eigenvalue weighted by molar-refractivity contribution is -0.139. The molecule has 2 aromatic rings. The highest BCUT2D eigenvalue weighted by Crippen LogP contribution is 2.34. The number of halogens is 6. The lowest BCUT2D eigenvalue weighted by Crippen LogP contribution is -2.59. The Bertz CT molecular complexity index is 1150. The molecule has 1 aliphatic rings. The molecular weight excluding hydrogens is 471 g/mol. The number of benzene rings is 2. The summed E-state index contributed by atoms with van der Waals surface area (Å²) < 4.78 is 99.2. The van der Waals surface area contributed by atoms with E-state index in [9.17, 15) is 35.2 Å². The molecule has 0 atom stereocenters. The lowest BCUT2D eigenvalue weighted by atomic mass is 10.0. The number of ether oxygens (including phenoxy) is 1. The molecule has 1 heterocycles. The van der Waals surface area contributed by atoms with Crippen molar-refractivity contribution in [3.8, 4) is 0 Å². The van der Waals surface area contributed by atoms with Crippen molar-refractivity contribution >= 4 is 33.2 Å². The fourth-order valence-electron chi connectivity index (χ4n) is 2.81. The highest BCUT2D eigenvalue weighted by Gasteiger charge is 2.39. The van der Waals surface area contributed by atoms with Crippen molar-refractivity contribution in [3.63, 3.8) is 0 Å². The standard InChI is InChI=1S/C18H14ClF5N2O4S/c1-17(7-30-8-17)26-31(28,29)13-5-3-11(19)14(15(13)21)16(27)25-9-2-4-12(20)10(6-9)18(22,23)24/h2-6,26H,7-8H2,1H3,(H,25,27). The molecule has 0 radical (unpaired) electrons. The Balaban J connectivity index is 1.95. The van der Waals surface area contributed by atoms with Gasteiger partial charge in [0.15, 0.2) is 5.82 Å². The number of anilines is 1. The van der Waals surface area contributed by atoms with Crippen LogP contribution in [-0.2, 0) is 20.9 Å². The minimum Gasteiger partial charge on any atom is -0.377 e. The van der Waals surface area contributed by atoms with Crippen LogP contribution < -0.4 is 10.0 Å². The van der Waals surface area contributed by atoms with E-state index >= 15 is 0 Å². The summed E-state index contributed by atoms with van der Waals surface area (Å²) in [5.74, 6) is -4.39. The van der Waals surface area contributed by atoms with Crippen LogP contribution in [0.3, 0.4) is 0 Å². The summed E-state index contributed by atoms with van der Waals surface area (Å²) >= 11 is 5.84. The van der Waals surface area contributed by atoms with Gasteiger partial charge in [0.25, 0.3) is 5.91 Å². The van der Waals surface area contributed by atoms with Crippen LogP contribution in [0, 0.1) is 11.6 Å². The van der Waals surface area contributed by atoms with Gasteiger partial charge in [0.1, 0.15) is 10.7 Å². The normalized spacial score (nSPS) is 16.0. The van der Waals surface area contributed by atoms with E-state index in [1.165, 1.54) is 6.92 Å². The summed E-state index contributed by atoms with van der Waals surface area (Å²) in [6.07, 6.45) is -5.03. The van der Waals surface area contributed by atoms with E-state index in [2.05, 4.69) is 4.72 Å². The van der Waals surface area contributed by atoms with Crippen LogP contribution in [0.4, 0.5) is 27.6 Å². The Morgan fingerprint density at radius 3 is 2.35 bits per heavy atom. The highest BCUT2D eigenvalue weighted by molar-refractivity contribution is 7.89. The molecule has 0 bridgehead atoms. The number of carbonyl (C=O) groups excluding carboxylic acids is 1. The minimum atomic E-state index is -5.03. The summed E-state index contributed by atoms with van der Waals surface area (Å²) in [7, 11) is -4.43. The van der Waals surface area contributed by atoms with E-state index in [1.54, 1.807) is 0 Å². The zero-order valence-corrected chi connectivity index (χ0v) is 17.2. The summed E-state index contributed by atoms with van der Waals surface area (Å²) in [5, 5.41) is 1.48. The molecule has 31 heavy (non-hydrogen) atoms. The first-order valence-corrected chi connectivity index (χ1v) is 10.4. The molecule has 0 unspecified atom stereocenters. The number of carbonyl (C=O) groups is 1. The van der Waals surface area contributed by atoms with Gasteiger partial charge in [-0.15, -0.1) is 0 Å². The zero-order chi connectivity index (χ0) is 23.2. The van der Waals surface area contributed by atoms with Gasteiger partial charge in [-0.1, -0.05) is 11.6 Å². The van der Waals surface area contributed by atoms with Crippen LogP contribution in [0.2, 0.25) is 5.02 Å². The quantitative estimate of drug-likeness (QED) is 0.629. The molecular formula is C18H14ClF5N2O4S. The largest absolute Gasteiger partial charge is 0.419 e. The molecule has 1 saturated heterocycles. The first-order chi connectivity index (χ1) is 14.2. The monoisotopic (exact) mass is 484 g/mol. The molecule has 168 valence electrons. The van der Waals surface area contributed by atoms with Crippen LogP contribution in [0.5, 0.6) is 0 Å². The number of alkyl halides is 3. The number of nitrogens with one attached hydrogen (secondary N) is 2. The topological polar surface area (TPSA) is 84.5 Å². The summed E-state index contributed by atoms with van der Waals surface area (Å²) in [6, 6.07) is 3.42. The summed E-state index contributed by atoms with van der Waals surface area (Å²) in [4.78, 5) is 11.6. The van der Waals surface area contributed by atoms with Gasteiger partial charge in [-0.2, -0.15) is 13.2 Å². The van der Waals surface area contributed by atoms with Crippen molar-refractivity contribution in [3.05, 3.63) is 58.1 Å². The Hall–Kier alpha value is -2.28. The number of rotatable bonds is 5. The molecule has 1 fully saturated rings. The van der Waals surface area contributed by atoms with Gasteiger partial charge in [-0.3, -0.25) is 4.79 Å². The van der Waals surface area contributed by atoms with Crippen LogP contribution in [-0.4, -0.2) is 33.1 Å². The highest BCUT2D eigenvalue weighted by atomic mass is 35.5. The molecule has 2 N–H and O–H groups in total. The van der Waals surface area contributed by atoms with E-state index in [0.717, 1.165) is 18.2 Å². The molecule has 3 rings (SSSR count). The van der Waals surface area contributed by atoms with Crippen molar-refractivity contribution in [2.75, 3.05) is 18.5 Å². The second kappa shape index (κ2) is 8.01. The minimum absolute atomic E-state index is 0.0564. The lowest BCUT2D eigenvalue weighted by Gasteiger charge is -2.38. The van der Waals surface area contributed by atoms with E-state index in [-0.39, 0.29) is 13.2 Å². The molecule has 0 aliphatic carbocycles. The smallest absolute Gasteiger partial charge is 0.377 e. The zero-order valence-electron chi connectivity index (χ0n) is 15.6. The first-order valence-electron chi connectivity index (χ1n) is 8.51. The van der Waals surface area contributed by atoms with Gasteiger partial charge in [0.05, 0.1) is 34.9 Å². The Labute approximate surface area is 178 Å². The van der Waals surface area contributed by atoms with Crippen LogP contribution in [0.15, 0.2) is 35.2 Å². The van der Waals surface area contributed by atoms with Crippen molar-refractivity contribution in [1.29, 1.82) is 0 Å². The third kappa shape index (κ3) is 4.81. The van der Waals surface area contributed by atoms with E-state index in [0.29, 0.717) is 12.1 Å². The van der Waals surface area contributed by atoms with Crippen LogP contribution in [0.25, 0.3) is 0 Å². The Morgan fingerprint density at radius 1 is 1.16 bits per heavy atom. The summed E-state index contributed by atoms with van der Waals surface area (Å²) in [5.41, 5.74) is -4.01. The van der Waals surface area contributed by atoms with E-state index < -0.39 is 66.0 Å². The average molecular weight is 485 g/mol. The van der Waals surface area contributed by atoms with Gasteiger partial charge in [-0.25, -0.2) is 21.9 Å². The number of hydrogen-bond acceptors (Lipinski definition) is 4. The van der Waals surface area contributed by atoms with Crippen molar-refractivity contribution < 1.29 is 39.9 Å². The maximum absolute atomic E-state index is 15.0. The van der Waals surface area contributed by atoms with Crippen LogP contribution in [0.1, 0.15) is 22.8 Å². The molecule has 6 nitrogen and oxygen atoms in total. The van der Waals surface area contributed by atoms with Gasteiger partial charge < -0.3 is 10.1 Å². The fourth-order valence-corrected chi connectivity index (χ4v) is 4.50. The van der Waals surface area contributed by atoms with Gasteiger partial charge in [-0.05, 0) is 37.3 Å². The predicted octanol–water partition coefficient (Wildman–Crippen LogP) is 3.96. The Kier molecular flexibility index (Phi) is 6.04. The molecule has 1 aliphatic heterocycles. The van der Waals surface area contributed by atoms with E-state index in [4.69, 9.17) is 16.3 Å². The van der Waals surface area contributed by atoms with Crippen LogP contribution >= 0.6 is 11.6 Å². The molecule has 2 aromatic carbocycles. The Morgan fingerprint density at radius 2 is 1.81 bits per heavy atom. The molecule has 0 aromatic heterocycles. The maximum Gasteiger partial charge on any atom is 0.419 e. The predicted molar refractivity (Wildman–Crippen MR) is 100 cm³/mol. The number of amides is 1. The van der Waals surface area contributed by atoms with Crippen molar-refractivity contribution in [2.24, 2.45) is 0 Å². The molecule has 1 amide bonds. The van der Waals surface area contributed by atoms with Gasteiger partial charge >= 0.3 is 6.18 Å². The SMILES string of the molecule is CC1(NS(=O)(=O)c2ccc(Cl)c(C(=O)Nc3ccc(F)c(C(F)(F)F)c3)c2F)COC1. The summed E-state index contributed by atoms with van der Waals surface area (Å²) in [6.45, 7) is 1.64. The maximum atomic E-state index is 15.0. The average Bonchev–Trinajstić information content (AvgIpc) is 2.60. The molecule has 0 saturated carbocycles. The van der Waals surface area contributed by atoms with Gasteiger partial charge in [0.2, 0.25) is 10.0 Å². The van der Waals surface area contributed by atoms with Gasteiger partial charge in [0, 0.05) is 5.69 Å².